The number of aromatic amines is 1. The lowest BCUT2D eigenvalue weighted by molar-refractivity contribution is 0.570. The van der Waals surface area contributed by atoms with E-state index < -0.39 is 5.69 Å². The van der Waals surface area contributed by atoms with Gasteiger partial charge in [0.1, 0.15) is 0 Å². The van der Waals surface area contributed by atoms with Crippen LogP contribution in [0.15, 0.2) is 15.8 Å². The Morgan fingerprint density at radius 1 is 1.47 bits per heavy atom. The highest BCUT2D eigenvalue weighted by Crippen LogP contribution is 1.96. The van der Waals surface area contributed by atoms with Crippen LogP contribution in [0.25, 0.3) is 0 Å². The fourth-order valence-corrected chi connectivity index (χ4v) is 1.61. The number of aromatic nitrogens is 2. The molecule has 0 radical (unpaired) electrons. The summed E-state index contributed by atoms with van der Waals surface area (Å²) in [6.07, 6.45) is 3.22. The standard InChI is InChI=1S/C9H10IN3O2/c10-7-6-12-9(15)13(8(7)14)5-3-1-2-4-11/h6H,1-3,5H2,(H,12,15). The van der Waals surface area contributed by atoms with E-state index >= 15 is 0 Å². The van der Waals surface area contributed by atoms with Gasteiger partial charge in [0, 0.05) is 19.2 Å². The molecule has 6 heteroatoms. The molecule has 0 aromatic carbocycles. The number of rotatable bonds is 4. The van der Waals surface area contributed by atoms with Gasteiger partial charge in [-0.05, 0) is 35.4 Å². The van der Waals surface area contributed by atoms with Gasteiger partial charge in [-0.3, -0.25) is 9.36 Å². The molecule has 0 atom stereocenters. The molecule has 0 bridgehead atoms. The van der Waals surface area contributed by atoms with E-state index in [2.05, 4.69) is 4.98 Å². The zero-order valence-corrected chi connectivity index (χ0v) is 10.2. The van der Waals surface area contributed by atoms with Crippen molar-refractivity contribution in [3.63, 3.8) is 0 Å². The SMILES string of the molecule is N#CCCCCn1c(=O)[nH]cc(I)c1=O. The van der Waals surface area contributed by atoms with Crippen molar-refractivity contribution in [3.8, 4) is 6.07 Å². The zero-order chi connectivity index (χ0) is 11.3. The van der Waals surface area contributed by atoms with Gasteiger partial charge in [0.05, 0.1) is 9.64 Å². The van der Waals surface area contributed by atoms with E-state index in [0.717, 1.165) is 0 Å². The van der Waals surface area contributed by atoms with Gasteiger partial charge in [0.15, 0.2) is 0 Å². The Morgan fingerprint density at radius 2 is 2.20 bits per heavy atom. The van der Waals surface area contributed by atoms with Gasteiger partial charge in [-0.2, -0.15) is 5.26 Å². The van der Waals surface area contributed by atoms with Gasteiger partial charge in [0.2, 0.25) is 0 Å². The molecule has 1 aromatic rings. The van der Waals surface area contributed by atoms with Crippen molar-refractivity contribution in [1.29, 1.82) is 5.26 Å². The molecule has 1 heterocycles. The number of hydrogen-bond donors (Lipinski definition) is 1. The highest BCUT2D eigenvalue weighted by molar-refractivity contribution is 14.1. The summed E-state index contributed by atoms with van der Waals surface area (Å²) in [7, 11) is 0. The minimum Gasteiger partial charge on any atom is -0.313 e. The lowest BCUT2D eigenvalue weighted by Crippen LogP contribution is -2.36. The van der Waals surface area contributed by atoms with Gasteiger partial charge >= 0.3 is 5.69 Å². The molecule has 0 aliphatic rings. The van der Waals surface area contributed by atoms with Gasteiger partial charge in [-0.15, -0.1) is 0 Å². The maximum absolute atomic E-state index is 11.5. The molecule has 1 rings (SSSR count). The average Bonchev–Trinajstić information content (AvgIpc) is 2.23. The monoisotopic (exact) mass is 319 g/mol. The fraction of sp³-hybridized carbons (Fsp3) is 0.444. The highest BCUT2D eigenvalue weighted by Gasteiger charge is 2.03. The fourth-order valence-electron chi connectivity index (χ4n) is 1.16. The Morgan fingerprint density at radius 3 is 2.87 bits per heavy atom. The third-order valence-corrected chi connectivity index (χ3v) is 2.71. The Balaban J connectivity index is 2.78. The first-order valence-electron chi connectivity index (χ1n) is 4.52. The van der Waals surface area contributed by atoms with E-state index in [-0.39, 0.29) is 5.56 Å². The summed E-state index contributed by atoms with van der Waals surface area (Å²) in [6, 6.07) is 2.02. The van der Waals surface area contributed by atoms with Crippen molar-refractivity contribution in [1.82, 2.24) is 9.55 Å². The molecule has 80 valence electrons. The first kappa shape index (κ1) is 12.0. The molecule has 15 heavy (non-hydrogen) atoms. The molecule has 0 saturated carbocycles. The maximum atomic E-state index is 11.5. The van der Waals surface area contributed by atoms with Crippen molar-refractivity contribution in [2.24, 2.45) is 0 Å². The number of nitrogens with zero attached hydrogens (tertiary/aromatic N) is 2. The van der Waals surface area contributed by atoms with Crippen LogP contribution >= 0.6 is 22.6 Å². The molecule has 0 fully saturated rings. The second-order valence-electron chi connectivity index (χ2n) is 3.01. The van der Waals surface area contributed by atoms with Gasteiger partial charge in [-0.1, -0.05) is 0 Å². The van der Waals surface area contributed by atoms with Gasteiger partial charge in [0.25, 0.3) is 5.56 Å². The summed E-state index contributed by atoms with van der Waals surface area (Å²) in [5.74, 6) is 0. The zero-order valence-electron chi connectivity index (χ0n) is 7.99. The largest absolute Gasteiger partial charge is 0.328 e. The summed E-state index contributed by atoms with van der Waals surface area (Å²) < 4.78 is 1.66. The maximum Gasteiger partial charge on any atom is 0.328 e. The van der Waals surface area contributed by atoms with E-state index in [1.807, 2.05) is 28.7 Å². The van der Waals surface area contributed by atoms with Gasteiger partial charge in [-0.25, -0.2) is 4.79 Å². The smallest absolute Gasteiger partial charge is 0.313 e. The second-order valence-corrected chi connectivity index (χ2v) is 4.18. The molecule has 0 saturated heterocycles. The van der Waals surface area contributed by atoms with Crippen LogP contribution in [-0.2, 0) is 6.54 Å². The van der Waals surface area contributed by atoms with E-state index in [4.69, 9.17) is 5.26 Å². The van der Waals surface area contributed by atoms with Crippen LogP contribution in [0.5, 0.6) is 0 Å². The normalized spacial score (nSPS) is 9.87. The molecule has 0 spiro atoms. The lowest BCUT2D eigenvalue weighted by Gasteiger charge is -2.02. The Bertz CT molecular complexity index is 483. The molecule has 1 aromatic heterocycles. The van der Waals surface area contributed by atoms with Crippen molar-refractivity contribution in [3.05, 3.63) is 30.6 Å². The van der Waals surface area contributed by atoms with Crippen LogP contribution in [-0.4, -0.2) is 9.55 Å². The third kappa shape index (κ3) is 3.20. The summed E-state index contributed by atoms with van der Waals surface area (Å²) in [5, 5.41) is 8.33. The molecule has 0 aliphatic heterocycles. The number of hydrogen-bond acceptors (Lipinski definition) is 3. The number of H-pyrrole nitrogens is 1. The predicted octanol–water partition coefficient (Wildman–Crippen LogP) is 0.835. The molecule has 5 nitrogen and oxygen atoms in total. The quantitative estimate of drug-likeness (QED) is 0.660. The first-order valence-corrected chi connectivity index (χ1v) is 5.59. The molecule has 0 amide bonds. The average molecular weight is 319 g/mol. The van der Waals surface area contributed by atoms with Crippen molar-refractivity contribution < 1.29 is 0 Å². The van der Waals surface area contributed by atoms with E-state index in [1.54, 1.807) is 0 Å². The van der Waals surface area contributed by atoms with E-state index in [0.29, 0.717) is 29.4 Å². The Kier molecular flexibility index (Phi) is 4.55. The van der Waals surface area contributed by atoms with Crippen LogP contribution in [0.3, 0.4) is 0 Å². The van der Waals surface area contributed by atoms with Crippen LogP contribution in [0.4, 0.5) is 0 Å². The summed E-state index contributed by atoms with van der Waals surface area (Å²) in [6.45, 7) is 0.368. The second kappa shape index (κ2) is 5.70. The number of nitrogens with one attached hydrogen (secondary N) is 1. The van der Waals surface area contributed by atoms with Crippen molar-refractivity contribution in [2.45, 2.75) is 25.8 Å². The summed E-state index contributed by atoms with van der Waals surface area (Å²) in [4.78, 5) is 25.3. The first-order chi connectivity index (χ1) is 7.16. The molecular formula is C9H10IN3O2. The third-order valence-electron chi connectivity index (χ3n) is 1.94. The topological polar surface area (TPSA) is 78.7 Å². The van der Waals surface area contributed by atoms with Crippen LogP contribution < -0.4 is 11.2 Å². The van der Waals surface area contributed by atoms with Crippen LogP contribution in [0.1, 0.15) is 19.3 Å². The summed E-state index contributed by atoms with van der Waals surface area (Å²) in [5.41, 5.74) is -0.659. The van der Waals surface area contributed by atoms with Crippen molar-refractivity contribution >= 4 is 22.6 Å². The van der Waals surface area contributed by atoms with Crippen LogP contribution in [0, 0.1) is 14.9 Å². The molecule has 0 aliphatic carbocycles. The lowest BCUT2D eigenvalue weighted by atomic mass is 10.2. The Hall–Kier alpha value is -1.10. The highest BCUT2D eigenvalue weighted by atomic mass is 127. The number of nitriles is 1. The van der Waals surface area contributed by atoms with Crippen molar-refractivity contribution in [2.75, 3.05) is 0 Å². The summed E-state index contributed by atoms with van der Waals surface area (Å²) >= 11 is 1.88. The minimum absolute atomic E-state index is 0.267. The van der Waals surface area contributed by atoms with Crippen LogP contribution in [0.2, 0.25) is 0 Å². The van der Waals surface area contributed by atoms with Gasteiger partial charge < -0.3 is 4.98 Å². The molecular weight excluding hydrogens is 309 g/mol. The Labute approximate surface area is 99.9 Å². The molecule has 0 unspecified atom stereocenters. The minimum atomic E-state index is -0.391. The number of halogens is 1. The van der Waals surface area contributed by atoms with E-state index in [9.17, 15) is 9.59 Å². The molecule has 1 N–H and O–H groups in total. The predicted molar refractivity (Wildman–Crippen MR) is 63.5 cm³/mol. The van der Waals surface area contributed by atoms with E-state index in [1.165, 1.54) is 10.8 Å². The number of unbranched alkanes of at least 4 members (excludes halogenated alkanes) is 2.